The van der Waals surface area contributed by atoms with Gasteiger partial charge >= 0.3 is 5.97 Å². The number of aliphatic carboxylic acids is 1. The third kappa shape index (κ3) is 4.48. The summed E-state index contributed by atoms with van der Waals surface area (Å²) in [6.45, 7) is 7.92. The van der Waals surface area contributed by atoms with Crippen LogP contribution in [0.5, 0.6) is 5.75 Å². The second-order valence-electron chi connectivity index (χ2n) is 6.62. The van der Waals surface area contributed by atoms with Gasteiger partial charge in [0.05, 0.1) is 5.57 Å². The number of hydrogen-bond acceptors (Lipinski definition) is 2. The minimum atomic E-state index is -0.916. The Bertz CT molecular complexity index is 720. The highest BCUT2D eigenvalue weighted by atomic mass is 16.5. The molecule has 0 fully saturated rings. The number of rotatable bonds is 5. The molecule has 2 aromatic rings. The summed E-state index contributed by atoms with van der Waals surface area (Å²) in [7, 11) is 0. The molecular weight excluding hydrogens is 300 g/mol. The molecule has 0 saturated heterocycles. The monoisotopic (exact) mass is 324 g/mol. The van der Waals surface area contributed by atoms with Crippen molar-refractivity contribution < 1.29 is 14.6 Å². The van der Waals surface area contributed by atoms with Crippen molar-refractivity contribution in [3.63, 3.8) is 0 Å². The molecule has 0 aliphatic heterocycles. The molecule has 0 atom stereocenters. The predicted molar refractivity (Wildman–Crippen MR) is 98.0 cm³/mol. The van der Waals surface area contributed by atoms with Crippen LogP contribution in [0.2, 0.25) is 0 Å². The second-order valence-corrected chi connectivity index (χ2v) is 6.62. The Kier molecular flexibility index (Phi) is 5.45. The van der Waals surface area contributed by atoms with Crippen molar-refractivity contribution in [2.75, 3.05) is 0 Å². The molecule has 0 spiro atoms. The van der Waals surface area contributed by atoms with Crippen LogP contribution in [-0.2, 0) is 4.79 Å². The van der Waals surface area contributed by atoms with Gasteiger partial charge in [-0.2, -0.15) is 0 Å². The molecule has 0 aliphatic carbocycles. The molecule has 0 aliphatic rings. The van der Waals surface area contributed by atoms with Gasteiger partial charge in [-0.15, -0.1) is 0 Å². The van der Waals surface area contributed by atoms with E-state index in [9.17, 15) is 9.90 Å². The Morgan fingerprint density at radius 2 is 1.54 bits per heavy atom. The molecular formula is C21H24O3. The van der Waals surface area contributed by atoms with Crippen LogP contribution in [0, 0.1) is 0 Å². The summed E-state index contributed by atoms with van der Waals surface area (Å²) in [5.41, 5.74) is 2.50. The lowest BCUT2D eigenvalue weighted by Gasteiger charge is -2.21. The highest BCUT2D eigenvalue weighted by Gasteiger charge is 2.18. The summed E-state index contributed by atoms with van der Waals surface area (Å²) in [6.07, 6.45) is 0.645. The summed E-state index contributed by atoms with van der Waals surface area (Å²) in [5, 5.41) is 9.76. The number of carboxylic acid groups (broad SMARTS) is 1. The van der Waals surface area contributed by atoms with Gasteiger partial charge in [0.2, 0.25) is 0 Å². The molecule has 0 unspecified atom stereocenters. The Hall–Kier alpha value is -2.55. The van der Waals surface area contributed by atoms with Gasteiger partial charge in [-0.3, -0.25) is 0 Å². The van der Waals surface area contributed by atoms with E-state index in [0.717, 1.165) is 16.9 Å². The fraction of sp³-hybridized carbons (Fsp3) is 0.286. The standard InChI is InChI=1S/C21H24O3/c1-5-18(15-9-7-6-8-10-15)19(20(22)23)16-11-13-17(14-12-16)24-21(2,3)4/h6-14H,5H2,1-4H3,(H,22,23)/b19-18+. The van der Waals surface area contributed by atoms with Gasteiger partial charge in [0.15, 0.2) is 0 Å². The molecule has 1 N–H and O–H groups in total. The topological polar surface area (TPSA) is 46.5 Å². The van der Waals surface area contributed by atoms with Crippen molar-refractivity contribution in [2.45, 2.75) is 39.7 Å². The summed E-state index contributed by atoms with van der Waals surface area (Å²) >= 11 is 0. The summed E-state index contributed by atoms with van der Waals surface area (Å²) < 4.78 is 5.80. The van der Waals surface area contributed by atoms with Gasteiger partial charge in [0.1, 0.15) is 11.4 Å². The molecule has 3 heteroatoms. The molecule has 24 heavy (non-hydrogen) atoms. The molecule has 0 bridgehead atoms. The molecule has 3 nitrogen and oxygen atoms in total. The van der Waals surface area contributed by atoms with Gasteiger partial charge in [0.25, 0.3) is 0 Å². The van der Waals surface area contributed by atoms with Crippen LogP contribution in [0.25, 0.3) is 11.1 Å². The van der Waals surface area contributed by atoms with Crippen LogP contribution >= 0.6 is 0 Å². The highest BCUT2D eigenvalue weighted by Crippen LogP contribution is 2.30. The molecule has 0 aromatic heterocycles. The van der Waals surface area contributed by atoms with Crippen molar-refractivity contribution in [3.8, 4) is 5.75 Å². The van der Waals surface area contributed by atoms with Gasteiger partial charge in [0, 0.05) is 0 Å². The van der Waals surface area contributed by atoms with E-state index < -0.39 is 5.97 Å². The lowest BCUT2D eigenvalue weighted by atomic mass is 9.93. The maximum atomic E-state index is 11.9. The summed E-state index contributed by atoms with van der Waals surface area (Å²) in [4.78, 5) is 11.9. The van der Waals surface area contributed by atoms with Crippen LogP contribution in [-0.4, -0.2) is 16.7 Å². The van der Waals surface area contributed by atoms with Crippen LogP contribution in [0.15, 0.2) is 54.6 Å². The fourth-order valence-electron chi connectivity index (χ4n) is 2.63. The molecule has 0 amide bonds. The Morgan fingerprint density at radius 1 is 0.958 bits per heavy atom. The number of carboxylic acids is 1. The summed E-state index contributed by atoms with van der Waals surface area (Å²) in [6, 6.07) is 16.9. The number of allylic oxidation sites excluding steroid dienone is 1. The SMILES string of the molecule is CC/C(=C(\C(=O)O)c1ccc(OC(C)(C)C)cc1)c1ccccc1. The Morgan fingerprint density at radius 3 is 2.00 bits per heavy atom. The zero-order chi connectivity index (χ0) is 17.7. The normalized spacial score (nSPS) is 12.5. The maximum Gasteiger partial charge on any atom is 0.336 e. The molecule has 2 rings (SSSR count). The van der Waals surface area contributed by atoms with E-state index in [4.69, 9.17) is 4.74 Å². The average Bonchev–Trinajstić information content (AvgIpc) is 2.52. The van der Waals surface area contributed by atoms with Crippen LogP contribution in [0.3, 0.4) is 0 Å². The van der Waals surface area contributed by atoms with E-state index in [1.54, 1.807) is 0 Å². The van der Waals surface area contributed by atoms with E-state index >= 15 is 0 Å². The first-order valence-electron chi connectivity index (χ1n) is 8.13. The van der Waals surface area contributed by atoms with Gasteiger partial charge in [-0.05, 0) is 56.0 Å². The van der Waals surface area contributed by atoms with Crippen molar-refractivity contribution in [1.29, 1.82) is 0 Å². The first-order chi connectivity index (χ1) is 11.3. The molecule has 2 aromatic carbocycles. The maximum absolute atomic E-state index is 11.9. The van der Waals surface area contributed by atoms with Crippen molar-refractivity contribution >= 4 is 17.1 Å². The van der Waals surface area contributed by atoms with E-state index in [-0.39, 0.29) is 5.60 Å². The summed E-state index contributed by atoms with van der Waals surface area (Å²) in [5.74, 6) is -0.186. The average molecular weight is 324 g/mol. The number of hydrogen-bond donors (Lipinski definition) is 1. The molecule has 126 valence electrons. The lowest BCUT2D eigenvalue weighted by Crippen LogP contribution is -2.22. The fourth-order valence-corrected chi connectivity index (χ4v) is 2.63. The van der Waals surface area contributed by atoms with Gasteiger partial charge in [-0.25, -0.2) is 4.79 Å². The van der Waals surface area contributed by atoms with Crippen molar-refractivity contribution in [1.82, 2.24) is 0 Å². The first kappa shape index (κ1) is 17.8. The van der Waals surface area contributed by atoms with Gasteiger partial charge in [-0.1, -0.05) is 49.4 Å². The van der Waals surface area contributed by atoms with Crippen molar-refractivity contribution in [3.05, 3.63) is 65.7 Å². The number of benzene rings is 2. The Labute approximate surface area is 143 Å². The number of carbonyl (C=O) groups is 1. The smallest absolute Gasteiger partial charge is 0.336 e. The zero-order valence-corrected chi connectivity index (χ0v) is 14.7. The van der Waals surface area contributed by atoms with E-state index in [1.807, 2.05) is 82.3 Å². The first-order valence-corrected chi connectivity index (χ1v) is 8.13. The van der Waals surface area contributed by atoms with Crippen LogP contribution < -0.4 is 4.74 Å². The largest absolute Gasteiger partial charge is 0.488 e. The molecule has 0 heterocycles. The van der Waals surface area contributed by atoms with Crippen LogP contribution in [0.4, 0.5) is 0 Å². The van der Waals surface area contributed by atoms with Crippen molar-refractivity contribution in [2.24, 2.45) is 0 Å². The third-order valence-corrected chi connectivity index (χ3v) is 3.56. The zero-order valence-electron chi connectivity index (χ0n) is 14.7. The van der Waals surface area contributed by atoms with E-state index in [2.05, 4.69) is 0 Å². The highest BCUT2D eigenvalue weighted by molar-refractivity contribution is 6.23. The quantitative estimate of drug-likeness (QED) is 0.602. The van der Waals surface area contributed by atoms with Crippen LogP contribution in [0.1, 0.15) is 45.2 Å². The molecule has 0 saturated carbocycles. The minimum absolute atomic E-state index is 0.286. The minimum Gasteiger partial charge on any atom is -0.488 e. The predicted octanol–water partition coefficient (Wildman–Crippen LogP) is 5.27. The Balaban J connectivity index is 2.47. The second kappa shape index (κ2) is 7.35. The molecule has 0 radical (unpaired) electrons. The number of ether oxygens (including phenoxy) is 1. The van der Waals surface area contributed by atoms with E-state index in [0.29, 0.717) is 17.6 Å². The van der Waals surface area contributed by atoms with E-state index in [1.165, 1.54) is 0 Å². The third-order valence-electron chi connectivity index (χ3n) is 3.56. The lowest BCUT2D eigenvalue weighted by molar-refractivity contribution is -0.130. The van der Waals surface area contributed by atoms with Gasteiger partial charge < -0.3 is 9.84 Å².